The van der Waals surface area contributed by atoms with Crippen LogP contribution in [-0.2, 0) is 34.0 Å². The lowest BCUT2D eigenvalue weighted by molar-refractivity contribution is -0.140. The lowest BCUT2D eigenvalue weighted by Crippen LogP contribution is -2.39. The maximum Gasteiger partial charge on any atom is 0.261 e. The zero-order valence-electron chi connectivity index (χ0n) is 19.9. The Balaban J connectivity index is 1.64. The first-order valence-corrected chi connectivity index (χ1v) is 11.5. The number of hydrogen-bond acceptors (Lipinski definition) is 6. The second-order valence-electron chi connectivity index (χ2n) is 8.19. The minimum atomic E-state index is -0.526. The van der Waals surface area contributed by atoms with Crippen LogP contribution >= 0.6 is 0 Å². The summed E-state index contributed by atoms with van der Waals surface area (Å²) in [6.45, 7) is 2.94. The molecule has 0 aliphatic heterocycles. The van der Waals surface area contributed by atoms with Crippen molar-refractivity contribution in [3.8, 4) is 0 Å². The molecule has 1 unspecified atom stereocenters. The molecule has 2 aromatic heterocycles. The Kier molecular flexibility index (Phi) is 8.07. The second kappa shape index (κ2) is 11.6. The van der Waals surface area contributed by atoms with Crippen molar-refractivity contribution in [2.75, 3.05) is 20.3 Å². The molecule has 0 aliphatic rings. The van der Waals surface area contributed by atoms with E-state index in [2.05, 4.69) is 0 Å². The molecule has 4 aromatic rings. The molecule has 0 fully saturated rings. The van der Waals surface area contributed by atoms with Gasteiger partial charge in [0.25, 0.3) is 5.56 Å². The number of benzene rings is 2. The van der Waals surface area contributed by atoms with Crippen LogP contribution in [0.4, 0.5) is 0 Å². The molecule has 0 N–H and O–H groups in total. The smallest absolute Gasteiger partial charge is 0.261 e. The Morgan fingerprint density at radius 1 is 1.09 bits per heavy atom. The van der Waals surface area contributed by atoms with Crippen molar-refractivity contribution in [3.63, 3.8) is 0 Å². The fourth-order valence-corrected chi connectivity index (χ4v) is 3.97. The number of amides is 1. The van der Waals surface area contributed by atoms with Crippen molar-refractivity contribution in [1.82, 2.24) is 14.5 Å². The van der Waals surface area contributed by atoms with E-state index in [0.29, 0.717) is 42.2 Å². The van der Waals surface area contributed by atoms with E-state index in [9.17, 15) is 9.59 Å². The van der Waals surface area contributed by atoms with Crippen molar-refractivity contribution in [2.45, 2.75) is 32.7 Å². The number of rotatable bonds is 11. The molecule has 4 rings (SSSR count). The standard InChI is InChI=1S/C27H29N3O5/c1-20(26-28-24-13-7-6-12-23(24)27(32)29(26)14-16-33-2)30(17-22-11-8-15-35-22)25(31)19-34-18-21-9-4-3-5-10-21/h3-13,15,20H,14,16-19H2,1-2H3. The van der Waals surface area contributed by atoms with Gasteiger partial charge in [-0.25, -0.2) is 4.98 Å². The molecule has 8 heteroatoms. The number of ether oxygens (including phenoxy) is 2. The van der Waals surface area contributed by atoms with Crippen LogP contribution < -0.4 is 5.56 Å². The van der Waals surface area contributed by atoms with E-state index in [-0.39, 0.29) is 24.6 Å². The normalized spacial score (nSPS) is 12.1. The SMILES string of the molecule is COCCn1c(C(C)N(Cc2ccco2)C(=O)COCc2ccccc2)nc2ccccc2c1=O. The highest BCUT2D eigenvalue weighted by Crippen LogP contribution is 2.23. The molecule has 2 heterocycles. The van der Waals surface area contributed by atoms with E-state index in [1.54, 1.807) is 41.0 Å². The van der Waals surface area contributed by atoms with Crippen molar-refractivity contribution in [2.24, 2.45) is 0 Å². The van der Waals surface area contributed by atoms with Gasteiger partial charge in [0.15, 0.2) is 0 Å². The molecule has 0 radical (unpaired) electrons. The van der Waals surface area contributed by atoms with Crippen LogP contribution in [0, 0.1) is 0 Å². The predicted molar refractivity (Wildman–Crippen MR) is 132 cm³/mol. The Hall–Kier alpha value is -3.75. The van der Waals surface area contributed by atoms with Gasteiger partial charge in [-0.1, -0.05) is 42.5 Å². The Labute approximate surface area is 203 Å². The summed E-state index contributed by atoms with van der Waals surface area (Å²) < 4.78 is 18.1. The van der Waals surface area contributed by atoms with E-state index < -0.39 is 6.04 Å². The van der Waals surface area contributed by atoms with Gasteiger partial charge in [-0.05, 0) is 36.8 Å². The summed E-state index contributed by atoms with van der Waals surface area (Å²) >= 11 is 0. The molecule has 0 aliphatic carbocycles. The van der Waals surface area contributed by atoms with E-state index in [4.69, 9.17) is 18.9 Å². The van der Waals surface area contributed by atoms with E-state index in [1.807, 2.05) is 55.5 Å². The number of fused-ring (bicyclic) bond motifs is 1. The molecule has 0 spiro atoms. The van der Waals surface area contributed by atoms with Gasteiger partial charge in [-0.15, -0.1) is 0 Å². The van der Waals surface area contributed by atoms with Crippen LogP contribution in [0.5, 0.6) is 0 Å². The number of aromatic nitrogens is 2. The minimum Gasteiger partial charge on any atom is -0.467 e. The lowest BCUT2D eigenvalue weighted by atomic mass is 10.2. The fraction of sp³-hybridized carbons (Fsp3) is 0.296. The molecule has 0 bridgehead atoms. The van der Waals surface area contributed by atoms with Gasteiger partial charge < -0.3 is 18.8 Å². The predicted octanol–water partition coefficient (Wildman–Crippen LogP) is 3.94. The van der Waals surface area contributed by atoms with Gasteiger partial charge in [0.05, 0.1) is 49.5 Å². The van der Waals surface area contributed by atoms with Crippen LogP contribution in [-0.4, -0.2) is 40.7 Å². The molecule has 0 saturated carbocycles. The Morgan fingerprint density at radius 3 is 2.60 bits per heavy atom. The zero-order valence-corrected chi connectivity index (χ0v) is 19.9. The molecule has 182 valence electrons. The number of methoxy groups -OCH3 is 1. The summed E-state index contributed by atoms with van der Waals surface area (Å²) in [4.78, 5) is 33.1. The molecular weight excluding hydrogens is 446 g/mol. The van der Waals surface area contributed by atoms with Crippen LogP contribution in [0.15, 0.2) is 82.2 Å². The highest BCUT2D eigenvalue weighted by molar-refractivity contribution is 5.79. The summed E-state index contributed by atoms with van der Waals surface area (Å²) in [7, 11) is 1.58. The van der Waals surface area contributed by atoms with Gasteiger partial charge in [-0.2, -0.15) is 0 Å². The summed E-state index contributed by atoms with van der Waals surface area (Å²) in [6, 6.07) is 19.9. The molecule has 35 heavy (non-hydrogen) atoms. The van der Waals surface area contributed by atoms with Crippen LogP contribution in [0.25, 0.3) is 10.9 Å². The average Bonchev–Trinajstić information content (AvgIpc) is 3.40. The summed E-state index contributed by atoms with van der Waals surface area (Å²) in [6.07, 6.45) is 1.57. The molecule has 1 atom stereocenters. The minimum absolute atomic E-state index is 0.115. The number of para-hydroxylation sites is 1. The summed E-state index contributed by atoms with van der Waals surface area (Å²) in [5.74, 6) is 0.874. The van der Waals surface area contributed by atoms with Crippen LogP contribution in [0.1, 0.15) is 30.1 Å². The van der Waals surface area contributed by atoms with Crippen molar-refractivity contribution < 1.29 is 18.7 Å². The van der Waals surface area contributed by atoms with Crippen molar-refractivity contribution in [1.29, 1.82) is 0 Å². The number of hydrogen-bond donors (Lipinski definition) is 0. The monoisotopic (exact) mass is 475 g/mol. The van der Waals surface area contributed by atoms with Gasteiger partial charge >= 0.3 is 0 Å². The van der Waals surface area contributed by atoms with Gasteiger partial charge in [0.2, 0.25) is 5.91 Å². The highest BCUT2D eigenvalue weighted by atomic mass is 16.5. The third kappa shape index (κ3) is 5.85. The molecular formula is C27H29N3O5. The van der Waals surface area contributed by atoms with Gasteiger partial charge in [0.1, 0.15) is 18.2 Å². The van der Waals surface area contributed by atoms with E-state index in [1.165, 1.54) is 0 Å². The third-order valence-corrected chi connectivity index (χ3v) is 5.82. The molecule has 8 nitrogen and oxygen atoms in total. The average molecular weight is 476 g/mol. The lowest BCUT2D eigenvalue weighted by Gasteiger charge is -2.30. The Bertz CT molecular complexity index is 1300. The molecule has 2 aromatic carbocycles. The maximum atomic E-state index is 13.4. The zero-order chi connectivity index (χ0) is 24.6. The third-order valence-electron chi connectivity index (χ3n) is 5.82. The molecule has 0 saturated heterocycles. The fourth-order valence-electron chi connectivity index (χ4n) is 3.97. The van der Waals surface area contributed by atoms with Crippen molar-refractivity contribution >= 4 is 16.8 Å². The highest BCUT2D eigenvalue weighted by Gasteiger charge is 2.27. The number of nitrogens with zero attached hydrogens (tertiary/aromatic N) is 3. The first-order chi connectivity index (χ1) is 17.1. The topological polar surface area (TPSA) is 86.8 Å². The quantitative estimate of drug-likeness (QED) is 0.327. The Morgan fingerprint density at radius 2 is 1.86 bits per heavy atom. The number of furan rings is 1. The van der Waals surface area contributed by atoms with Gasteiger partial charge in [0, 0.05) is 7.11 Å². The largest absolute Gasteiger partial charge is 0.467 e. The van der Waals surface area contributed by atoms with Gasteiger partial charge in [-0.3, -0.25) is 14.2 Å². The number of carbonyl (C=O) groups is 1. The van der Waals surface area contributed by atoms with Crippen LogP contribution in [0.2, 0.25) is 0 Å². The summed E-state index contributed by atoms with van der Waals surface area (Å²) in [5.41, 5.74) is 1.40. The molecule has 1 amide bonds. The first-order valence-electron chi connectivity index (χ1n) is 11.5. The second-order valence-corrected chi connectivity index (χ2v) is 8.19. The number of carbonyl (C=O) groups excluding carboxylic acids is 1. The van der Waals surface area contributed by atoms with E-state index in [0.717, 1.165) is 5.56 Å². The first kappa shape index (κ1) is 24.4. The maximum absolute atomic E-state index is 13.4. The van der Waals surface area contributed by atoms with Crippen LogP contribution in [0.3, 0.4) is 0 Å². The summed E-state index contributed by atoms with van der Waals surface area (Å²) in [5, 5.41) is 0.523. The van der Waals surface area contributed by atoms with Crippen molar-refractivity contribution in [3.05, 3.63) is 100 Å². The van der Waals surface area contributed by atoms with E-state index >= 15 is 0 Å².